The van der Waals surface area contributed by atoms with Crippen LogP contribution in [-0.2, 0) is 12.1 Å². The Hall–Kier alpha value is -2.58. The topological polar surface area (TPSA) is 101 Å². The standard InChI is InChI=1S/C16H17N3O4S/c1-16(21,13-5-2-6-22-13)10-18-15(20)17-8-11-9-23-14(19-11)12-4-3-7-24-12/h2-7,9,21H,8,10H2,1H3,(H2,17,18,20). The maximum Gasteiger partial charge on any atom is 0.315 e. The molecule has 0 saturated carbocycles. The predicted octanol–water partition coefficient (Wildman–Crippen LogP) is 2.70. The van der Waals surface area contributed by atoms with E-state index in [0.29, 0.717) is 17.3 Å². The van der Waals surface area contributed by atoms with Gasteiger partial charge in [-0.15, -0.1) is 11.3 Å². The van der Waals surface area contributed by atoms with Crippen LogP contribution in [0.25, 0.3) is 10.8 Å². The minimum absolute atomic E-state index is 0.0195. The molecule has 7 nitrogen and oxygen atoms in total. The van der Waals surface area contributed by atoms with Gasteiger partial charge in [-0.1, -0.05) is 6.07 Å². The van der Waals surface area contributed by atoms with Crippen LogP contribution in [0.5, 0.6) is 0 Å². The van der Waals surface area contributed by atoms with Gasteiger partial charge in [-0.2, -0.15) is 0 Å². The molecule has 2 amide bonds. The molecular weight excluding hydrogens is 330 g/mol. The van der Waals surface area contributed by atoms with Crippen molar-refractivity contribution in [1.29, 1.82) is 0 Å². The third kappa shape index (κ3) is 3.84. The van der Waals surface area contributed by atoms with Gasteiger partial charge in [0.15, 0.2) is 0 Å². The quantitative estimate of drug-likeness (QED) is 0.636. The number of oxazole rings is 1. The summed E-state index contributed by atoms with van der Waals surface area (Å²) >= 11 is 1.53. The molecule has 0 saturated heterocycles. The van der Waals surface area contributed by atoms with Crippen molar-refractivity contribution in [3.63, 3.8) is 0 Å². The third-order valence-corrected chi connectivity index (χ3v) is 4.22. The van der Waals surface area contributed by atoms with E-state index in [0.717, 1.165) is 4.88 Å². The van der Waals surface area contributed by atoms with Crippen molar-refractivity contribution in [2.45, 2.75) is 19.1 Å². The fourth-order valence-electron chi connectivity index (χ4n) is 2.06. The molecule has 0 aliphatic heterocycles. The van der Waals surface area contributed by atoms with Gasteiger partial charge in [0.25, 0.3) is 0 Å². The van der Waals surface area contributed by atoms with Gasteiger partial charge in [-0.25, -0.2) is 9.78 Å². The number of furan rings is 1. The summed E-state index contributed by atoms with van der Waals surface area (Å²) in [5.74, 6) is 0.919. The SMILES string of the molecule is CC(O)(CNC(=O)NCc1coc(-c2cccs2)n1)c1ccco1. The van der Waals surface area contributed by atoms with Gasteiger partial charge >= 0.3 is 6.03 Å². The zero-order valence-corrected chi connectivity index (χ0v) is 13.8. The molecular formula is C16H17N3O4S. The van der Waals surface area contributed by atoms with Crippen LogP contribution in [0.3, 0.4) is 0 Å². The molecule has 3 aromatic heterocycles. The molecule has 0 spiro atoms. The van der Waals surface area contributed by atoms with Gasteiger partial charge in [0.05, 0.1) is 29.9 Å². The van der Waals surface area contributed by atoms with E-state index < -0.39 is 11.6 Å². The van der Waals surface area contributed by atoms with Crippen LogP contribution in [0, 0.1) is 0 Å². The number of urea groups is 1. The minimum atomic E-state index is -1.28. The second-order valence-electron chi connectivity index (χ2n) is 5.41. The first kappa shape index (κ1) is 16.3. The summed E-state index contributed by atoms with van der Waals surface area (Å²) in [6, 6.07) is 6.75. The number of thiophene rings is 1. The van der Waals surface area contributed by atoms with Crippen LogP contribution in [0.15, 0.2) is 51.0 Å². The van der Waals surface area contributed by atoms with Crippen LogP contribution in [-0.4, -0.2) is 22.7 Å². The van der Waals surface area contributed by atoms with E-state index in [2.05, 4.69) is 15.6 Å². The summed E-state index contributed by atoms with van der Waals surface area (Å²) in [5.41, 5.74) is -0.660. The number of nitrogens with one attached hydrogen (secondary N) is 2. The smallest absolute Gasteiger partial charge is 0.315 e. The highest BCUT2D eigenvalue weighted by Crippen LogP contribution is 2.23. The first-order chi connectivity index (χ1) is 11.5. The molecule has 3 heterocycles. The molecule has 0 bridgehead atoms. The van der Waals surface area contributed by atoms with Crippen molar-refractivity contribution in [3.05, 3.63) is 53.6 Å². The summed E-state index contributed by atoms with van der Waals surface area (Å²) in [5, 5.41) is 17.5. The van der Waals surface area contributed by atoms with E-state index >= 15 is 0 Å². The number of amides is 2. The zero-order chi connectivity index (χ0) is 17.0. The Morgan fingerprint density at radius 3 is 2.92 bits per heavy atom. The summed E-state index contributed by atoms with van der Waals surface area (Å²) in [6.45, 7) is 1.81. The van der Waals surface area contributed by atoms with Crippen molar-refractivity contribution >= 4 is 17.4 Å². The van der Waals surface area contributed by atoms with Crippen molar-refractivity contribution in [2.24, 2.45) is 0 Å². The number of aromatic nitrogens is 1. The van der Waals surface area contributed by atoms with Gasteiger partial charge in [0, 0.05) is 0 Å². The Morgan fingerprint density at radius 2 is 2.21 bits per heavy atom. The molecule has 0 aliphatic carbocycles. The monoisotopic (exact) mass is 347 g/mol. The molecule has 0 fully saturated rings. The van der Waals surface area contributed by atoms with Crippen LogP contribution in [0.4, 0.5) is 4.79 Å². The fraction of sp³-hybridized carbons (Fsp3) is 0.250. The van der Waals surface area contributed by atoms with Crippen molar-refractivity contribution in [3.8, 4) is 10.8 Å². The molecule has 3 aromatic rings. The number of hydrogen-bond acceptors (Lipinski definition) is 6. The van der Waals surface area contributed by atoms with Gasteiger partial charge in [0.1, 0.15) is 17.6 Å². The van der Waals surface area contributed by atoms with Crippen molar-refractivity contribution in [2.75, 3.05) is 6.54 Å². The normalized spacial score (nSPS) is 13.4. The van der Waals surface area contributed by atoms with Crippen molar-refractivity contribution in [1.82, 2.24) is 15.6 Å². The average Bonchev–Trinajstić information content (AvgIpc) is 3.32. The molecule has 1 atom stereocenters. The highest BCUT2D eigenvalue weighted by molar-refractivity contribution is 7.13. The van der Waals surface area contributed by atoms with Gasteiger partial charge in [-0.3, -0.25) is 0 Å². The number of nitrogens with zero attached hydrogens (tertiary/aromatic N) is 1. The highest BCUT2D eigenvalue weighted by Gasteiger charge is 2.26. The van der Waals surface area contributed by atoms with E-state index in [-0.39, 0.29) is 13.1 Å². The van der Waals surface area contributed by atoms with Crippen LogP contribution >= 0.6 is 11.3 Å². The first-order valence-electron chi connectivity index (χ1n) is 7.31. The number of aliphatic hydroxyl groups is 1. The zero-order valence-electron chi connectivity index (χ0n) is 13.0. The summed E-state index contributed by atoms with van der Waals surface area (Å²) in [7, 11) is 0. The van der Waals surface area contributed by atoms with Crippen molar-refractivity contribution < 1.29 is 18.7 Å². The lowest BCUT2D eigenvalue weighted by molar-refractivity contribution is 0.0367. The lowest BCUT2D eigenvalue weighted by atomic mass is 10.0. The summed E-state index contributed by atoms with van der Waals surface area (Å²) in [6.07, 6.45) is 2.98. The average molecular weight is 347 g/mol. The molecule has 3 rings (SSSR count). The molecule has 0 aliphatic rings. The Labute approximate surface area is 142 Å². The molecule has 0 aromatic carbocycles. The number of carbonyl (C=O) groups is 1. The largest absolute Gasteiger partial charge is 0.466 e. The number of carbonyl (C=O) groups excluding carboxylic acids is 1. The van der Waals surface area contributed by atoms with Crippen LogP contribution in [0.1, 0.15) is 18.4 Å². The Bertz CT molecular complexity index is 778. The molecule has 3 N–H and O–H groups in total. The van der Waals surface area contributed by atoms with E-state index in [1.807, 2.05) is 17.5 Å². The minimum Gasteiger partial charge on any atom is -0.466 e. The van der Waals surface area contributed by atoms with Crippen LogP contribution < -0.4 is 10.6 Å². The maximum absolute atomic E-state index is 11.8. The Morgan fingerprint density at radius 1 is 1.33 bits per heavy atom. The van der Waals surface area contributed by atoms with Gasteiger partial charge < -0.3 is 24.6 Å². The molecule has 126 valence electrons. The second kappa shape index (κ2) is 6.90. The summed E-state index contributed by atoms with van der Waals surface area (Å²) < 4.78 is 10.5. The Balaban J connectivity index is 1.48. The fourth-order valence-corrected chi connectivity index (χ4v) is 2.71. The molecule has 0 radical (unpaired) electrons. The predicted molar refractivity (Wildman–Crippen MR) is 88.3 cm³/mol. The lowest BCUT2D eigenvalue weighted by Gasteiger charge is -2.21. The molecule has 1 unspecified atom stereocenters. The second-order valence-corrected chi connectivity index (χ2v) is 6.36. The number of rotatable bonds is 6. The van der Waals surface area contributed by atoms with E-state index in [1.165, 1.54) is 23.9 Å². The molecule has 24 heavy (non-hydrogen) atoms. The van der Waals surface area contributed by atoms with E-state index in [1.54, 1.807) is 19.1 Å². The van der Waals surface area contributed by atoms with E-state index in [4.69, 9.17) is 8.83 Å². The number of hydrogen-bond donors (Lipinski definition) is 3. The maximum atomic E-state index is 11.8. The van der Waals surface area contributed by atoms with Crippen LogP contribution in [0.2, 0.25) is 0 Å². The van der Waals surface area contributed by atoms with Gasteiger partial charge in [-0.05, 0) is 30.5 Å². The first-order valence-corrected chi connectivity index (χ1v) is 8.19. The van der Waals surface area contributed by atoms with Gasteiger partial charge in [0.2, 0.25) is 5.89 Å². The molecule has 8 heteroatoms. The lowest BCUT2D eigenvalue weighted by Crippen LogP contribution is -2.43. The summed E-state index contributed by atoms with van der Waals surface area (Å²) in [4.78, 5) is 17.1. The Kier molecular flexibility index (Phi) is 4.68. The highest BCUT2D eigenvalue weighted by atomic mass is 32.1. The third-order valence-electron chi connectivity index (χ3n) is 3.36. The van der Waals surface area contributed by atoms with E-state index in [9.17, 15) is 9.90 Å².